The van der Waals surface area contributed by atoms with Gasteiger partial charge < -0.3 is 14.6 Å². The van der Waals surface area contributed by atoms with Gasteiger partial charge in [-0.2, -0.15) is 0 Å². The molecule has 1 unspecified atom stereocenters. The first-order chi connectivity index (χ1) is 11.1. The Bertz CT molecular complexity index is 673. The van der Waals surface area contributed by atoms with Crippen molar-refractivity contribution in [1.29, 1.82) is 0 Å². The molecule has 23 heavy (non-hydrogen) atoms. The van der Waals surface area contributed by atoms with Gasteiger partial charge in [-0.1, -0.05) is 6.07 Å². The molecule has 0 bridgehead atoms. The van der Waals surface area contributed by atoms with Crippen LogP contribution in [0.1, 0.15) is 40.3 Å². The summed E-state index contributed by atoms with van der Waals surface area (Å²) in [6.45, 7) is 6.07. The van der Waals surface area contributed by atoms with Gasteiger partial charge in [0.25, 0.3) is 5.91 Å². The van der Waals surface area contributed by atoms with Crippen LogP contribution in [0, 0.1) is 13.8 Å². The van der Waals surface area contributed by atoms with E-state index >= 15 is 0 Å². The van der Waals surface area contributed by atoms with Crippen LogP contribution in [0.5, 0.6) is 0 Å². The van der Waals surface area contributed by atoms with Crippen molar-refractivity contribution < 1.29 is 9.53 Å². The van der Waals surface area contributed by atoms with Gasteiger partial charge in [0.1, 0.15) is 0 Å². The van der Waals surface area contributed by atoms with E-state index in [4.69, 9.17) is 4.74 Å². The number of carbonyl (C=O) groups is 1. The van der Waals surface area contributed by atoms with Crippen LogP contribution in [0.4, 0.5) is 0 Å². The lowest BCUT2D eigenvalue weighted by molar-refractivity contribution is 0.0857. The molecule has 0 saturated carbocycles. The number of hydrogen-bond acceptors (Lipinski definition) is 3. The molecule has 1 aliphatic rings. The Morgan fingerprint density at radius 2 is 2.30 bits per heavy atom. The zero-order valence-electron chi connectivity index (χ0n) is 13.7. The topological polar surface area (TPSA) is 56.1 Å². The Morgan fingerprint density at radius 1 is 1.43 bits per heavy atom. The minimum atomic E-state index is -0.0270. The lowest BCUT2D eigenvalue weighted by Gasteiger charge is -2.11. The van der Waals surface area contributed by atoms with Gasteiger partial charge in [-0.3, -0.25) is 9.78 Å². The molecule has 1 N–H and O–H groups in total. The van der Waals surface area contributed by atoms with Gasteiger partial charge in [-0.25, -0.2) is 0 Å². The lowest BCUT2D eigenvalue weighted by atomic mass is 10.2. The fourth-order valence-electron chi connectivity index (χ4n) is 3.04. The highest BCUT2D eigenvalue weighted by molar-refractivity contribution is 5.95. The van der Waals surface area contributed by atoms with Gasteiger partial charge in [0.05, 0.1) is 23.9 Å². The lowest BCUT2D eigenvalue weighted by Crippen LogP contribution is -2.32. The monoisotopic (exact) mass is 313 g/mol. The molecule has 1 atom stereocenters. The zero-order chi connectivity index (χ0) is 16.2. The van der Waals surface area contributed by atoms with E-state index in [9.17, 15) is 4.79 Å². The summed E-state index contributed by atoms with van der Waals surface area (Å²) < 4.78 is 7.68. The number of pyridine rings is 1. The number of ether oxygens (including phenoxy) is 1. The number of carbonyl (C=O) groups excluding carboxylic acids is 1. The molecule has 5 heteroatoms. The number of aromatic nitrogens is 2. The first kappa shape index (κ1) is 15.7. The summed E-state index contributed by atoms with van der Waals surface area (Å²) in [6, 6.07) is 7.83. The Morgan fingerprint density at radius 3 is 3.00 bits per heavy atom. The van der Waals surface area contributed by atoms with E-state index in [1.165, 1.54) is 0 Å². The normalized spacial score (nSPS) is 17.4. The van der Waals surface area contributed by atoms with Gasteiger partial charge in [0.2, 0.25) is 0 Å². The Balaban J connectivity index is 1.70. The number of hydrogen-bond donors (Lipinski definition) is 1. The summed E-state index contributed by atoms with van der Waals surface area (Å²) in [5, 5.41) is 2.99. The first-order valence-corrected chi connectivity index (χ1v) is 8.11. The molecule has 1 saturated heterocycles. The Hall–Kier alpha value is -2.14. The molecule has 0 radical (unpaired) electrons. The predicted molar refractivity (Wildman–Crippen MR) is 88.6 cm³/mol. The van der Waals surface area contributed by atoms with Crippen molar-refractivity contribution >= 4 is 5.91 Å². The van der Waals surface area contributed by atoms with Crippen molar-refractivity contribution in [2.45, 2.75) is 39.3 Å². The molecule has 5 nitrogen and oxygen atoms in total. The number of amides is 1. The number of nitrogens with zero attached hydrogens (tertiary/aromatic N) is 2. The van der Waals surface area contributed by atoms with Crippen molar-refractivity contribution in [2.75, 3.05) is 13.2 Å². The molecule has 1 amide bonds. The van der Waals surface area contributed by atoms with Gasteiger partial charge in [-0.05, 0) is 44.9 Å². The minimum absolute atomic E-state index is 0.0270. The van der Waals surface area contributed by atoms with Gasteiger partial charge >= 0.3 is 0 Å². The van der Waals surface area contributed by atoms with Crippen LogP contribution >= 0.6 is 0 Å². The Kier molecular flexibility index (Phi) is 4.76. The van der Waals surface area contributed by atoms with Crippen LogP contribution in [0.15, 0.2) is 30.5 Å². The molecule has 122 valence electrons. The highest BCUT2D eigenvalue weighted by Crippen LogP contribution is 2.17. The van der Waals surface area contributed by atoms with Crippen molar-refractivity contribution in [3.63, 3.8) is 0 Å². The molecule has 2 aromatic heterocycles. The standard InChI is InChI=1S/C18H23N3O2/c1-13-10-17(18(22)20-11-16-7-5-9-23-16)14(2)21(13)12-15-6-3-4-8-19-15/h3-4,6,8,10,16H,5,7,9,11-12H2,1-2H3,(H,20,22). The van der Waals surface area contributed by atoms with Crippen molar-refractivity contribution in [3.05, 3.63) is 53.1 Å². The maximum atomic E-state index is 12.4. The first-order valence-electron chi connectivity index (χ1n) is 8.11. The number of nitrogens with one attached hydrogen (secondary N) is 1. The van der Waals surface area contributed by atoms with Crippen LogP contribution in [0.2, 0.25) is 0 Å². The van der Waals surface area contributed by atoms with E-state index in [0.29, 0.717) is 13.1 Å². The van der Waals surface area contributed by atoms with Crippen LogP contribution in [-0.2, 0) is 11.3 Å². The second kappa shape index (κ2) is 6.96. The molecule has 3 rings (SSSR count). The summed E-state index contributed by atoms with van der Waals surface area (Å²) in [5.41, 5.74) is 3.76. The molecule has 3 heterocycles. The van der Waals surface area contributed by atoms with Crippen molar-refractivity contribution in [2.24, 2.45) is 0 Å². The molecule has 0 spiro atoms. The average Bonchev–Trinajstić information content (AvgIpc) is 3.17. The minimum Gasteiger partial charge on any atom is -0.376 e. The summed E-state index contributed by atoms with van der Waals surface area (Å²) >= 11 is 0. The van der Waals surface area contributed by atoms with E-state index in [2.05, 4.69) is 14.9 Å². The Labute approximate surface area is 136 Å². The molecular weight excluding hydrogens is 290 g/mol. The number of rotatable bonds is 5. The zero-order valence-corrected chi connectivity index (χ0v) is 13.7. The van der Waals surface area contributed by atoms with E-state index in [1.54, 1.807) is 6.20 Å². The van der Waals surface area contributed by atoms with Gasteiger partial charge in [0.15, 0.2) is 0 Å². The van der Waals surface area contributed by atoms with Gasteiger partial charge in [0, 0.05) is 30.7 Å². The quantitative estimate of drug-likeness (QED) is 0.922. The van der Waals surface area contributed by atoms with Crippen LogP contribution in [-0.4, -0.2) is 34.7 Å². The summed E-state index contributed by atoms with van der Waals surface area (Å²) in [5.74, 6) is -0.0270. The largest absolute Gasteiger partial charge is 0.376 e. The molecular formula is C18H23N3O2. The third-order valence-electron chi connectivity index (χ3n) is 4.38. The van der Waals surface area contributed by atoms with Crippen molar-refractivity contribution in [1.82, 2.24) is 14.9 Å². The smallest absolute Gasteiger partial charge is 0.253 e. The van der Waals surface area contributed by atoms with Gasteiger partial charge in [-0.15, -0.1) is 0 Å². The molecule has 1 aliphatic heterocycles. The number of aryl methyl sites for hydroxylation is 1. The molecule has 1 fully saturated rings. The third kappa shape index (κ3) is 3.62. The maximum absolute atomic E-state index is 12.4. The summed E-state index contributed by atoms with van der Waals surface area (Å²) in [7, 11) is 0. The third-order valence-corrected chi connectivity index (χ3v) is 4.38. The highest BCUT2D eigenvalue weighted by atomic mass is 16.5. The van der Waals surface area contributed by atoms with E-state index in [1.807, 2.05) is 38.1 Å². The predicted octanol–water partition coefficient (Wildman–Crippen LogP) is 2.46. The molecule has 0 aromatic carbocycles. The fraction of sp³-hybridized carbons (Fsp3) is 0.444. The molecule has 2 aromatic rings. The SMILES string of the molecule is Cc1cc(C(=O)NCC2CCCO2)c(C)n1Cc1ccccn1. The highest BCUT2D eigenvalue weighted by Gasteiger charge is 2.19. The van der Waals surface area contributed by atoms with E-state index in [0.717, 1.165) is 42.1 Å². The summed E-state index contributed by atoms with van der Waals surface area (Å²) in [4.78, 5) is 16.8. The van der Waals surface area contributed by atoms with Crippen LogP contribution in [0.25, 0.3) is 0 Å². The van der Waals surface area contributed by atoms with Crippen LogP contribution < -0.4 is 5.32 Å². The summed E-state index contributed by atoms with van der Waals surface area (Å²) in [6.07, 6.45) is 4.06. The maximum Gasteiger partial charge on any atom is 0.253 e. The second-order valence-corrected chi connectivity index (χ2v) is 6.04. The van der Waals surface area contributed by atoms with E-state index < -0.39 is 0 Å². The average molecular weight is 313 g/mol. The van der Waals surface area contributed by atoms with Crippen molar-refractivity contribution in [3.8, 4) is 0 Å². The second-order valence-electron chi connectivity index (χ2n) is 6.04. The molecule has 0 aliphatic carbocycles. The van der Waals surface area contributed by atoms with E-state index in [-0.39, 0.29) is 12.0 Å². The van der Waals surface area contributed by atoms with Crippen LogP contribution in [0.3, 0.4) is 0 Å². The fourth-order valence-corrected chi connectivity index (χ4v) is 3.04.